The summed E-state index contributed by atoms with van der Waals surface area (Å²) >= 11 is 1.73. The van der Waals surface area contributed by atoms with E-state index in [1.165, 1.54) is 10.7 Å². The maximum Gasteiger partial charge on any atom is 0.356 e. The van der Waals surface area contributed by atoms with Gasteiger partial charge in [-0.05, 0) is 31.2 Å². The Morgan fingerprint density at radius 1 is 1.31 bits per heavy atom. The van der Waals surface area contributed by atoms with Crippen LogP contribution in [0.15, 0.2) is 36.4 Å². The van der Waals surface area contributed by atoms with Gasteiger partial charge >= 0.3 is 5.97 Å². The summed E-state index contributed by atoms with van der Waals surface area (Å²) in [4.78, 5) is 24.1. The van der Waals surface area contributed by atoms with Crippen LogP contribution in [0, 0.1) is 0 Å². The van der Waals surface area contributed by atoms with Crippen molar-refractivity contribution in [3.8, 4) is 5.69 Å². The highest BCUT2D eigenvalue weighted by Gasteiger charge is 2.32. The van der Waals surface area contributed by atoms with E-state index < -0.39 is 5.97 Å². The van der Waals surface area contributed by atoms with E-state index >= 15 is 0 Å². The third kappa shape index (κ3) is 3.91. The number of ether oxygens (including phenoxy) is 1. The summed E-state index contributed by atoms with van der Waals surface area (Å²) in [5, 5.41) is 16.3. The monoisotopic (exact) mass is 375 g/mol. The predicted molar refractivity (Wildman–Crippen MR) is 99.2 cm³/mol. The third-order valence-corrected chi connectivity index (χ3v) is 5.99. The number of nitrogens with zero attached hydrogens (tertiary/aromatic N) is 2. The number of rotatable bonds is 6. The van der Waals surface area contributed by atoms with Crippen LogP contribution in [0.4, 0.5) is 0 Å². The number of carbonyl (C=O) groups excluding carboxylic acids is 1. The van der Waals surface area contributed by atoms with Gasteiger partial charge in [0.1, 0.15) is 5.69 Å². The molecule has 2 heterocycles. The van der Waals surface area contributed by atoms with Crippen LogP contribution in [0.2, 0.25) is 0 Å². The normalized spacial score (nSPS) is 16.2. The Morgan fingerprint density at radius 2 is 2.00 bits per heavy atom. The number of amides is 1. The maximum absolute atomic E-state index is 12.8. The molecule has 1 aliphatic rings. The van der Waals surface area contributed by atoms with Crippen LogP contribution in [0.25, 0.3) is 5.69 Å². The summed E-state index contributed by atoms with van der Waals surface area (Å²) in [5.41, 5.74) is 0.678. The molecule has 138 valence electrons. The van der Waals surface area contributed by atoms with Gasteiger partial charge in [-0.2, -0.15) is 16.9 Å². The second-order valence-electron chi connectivity index (χ2n) is 6.15. The highest BCUT2D eigenvalue weighted by Crippen LogP contribution is 2.33. The average Bonchev–Trinajstić information content (AvgIpc) is 3.13. The summed E-state index contributed by atoms with van der Waals surface area (Å²) in [6.07, 6.45) is 3.77. The Kier molecular flexibility index (Phi) is 5.63. The molecule has 0 unspecified atom stereocenters. The van der Waals surface area contributed by atoms with E-state index in [1.54, 1.807) is 23.9 Å². The van der Waals surface area contributed by atoms with Crippen LogP contribution in [0.5, 0.6) is 0 Å². The van der Waals surface area contributed by atoms with Gasteiger partial charge in [-0.3, -0.25) is 4.79 Å². The van der Waals surface area contributed by atoms with Crippen molar-refractivity contribution in [2.24, 2.45) is 0 Å². The SMILES string of the molecule is CSC1(CNC(=O)c2cc(C(=O)O)nn2-c2ccccc2)CCOCC1. The van der Waals surface area contributed by atoms with Crippen LogP contribution < -0.4 is 5.32 Å². The minimum absolute atomic E-state index is 0.0544. The van der Waals surface area contributed by atoms with Crippen molar-refractivity contribution >= 4 is 23.6 Å². The Balaban J connectivity index is 1.83. The lowest BCUT2D eigenvalue weighted by Crippen LogP contribution is -2.44. The van der Waals surface area contributed by atoms with Gasteiger partial charge in [-0.1, -0.05) is 18.2 Å². The summed E-state index contributed by atoms with van der Waals surface area (Å²) in [7, 11) is 0. The van der Waals surface area contributed by atoms with Crippen LogP contribution in [0.1, 0.15) is 33.8 Å². The molecule has 0 spiro atoms. The Morgan fingerprint density at radius 3 is 2.62 bits per heavy atom. The van der Waals surface area contributed by atoms with Crippen LogP contribution >= 0.6 is 11.8 Å². The molecule has 3 rings (SSSR count). The lowest BCUT2D eigenvalue weighted by atomic mass is 9.99. The topological polar surface area (TPSA) is 93.5 Å². The lowest BCUT2D eigenvalue weighted by molar-refractivity contribution is 0.0689. The first-order valence-corrected chi connectivity index (χ1v) is 9.57. The quantitative estimate of drug-likeness (QED) is 0.804. The van der Waals surface area contributed by atoms with Gasteiger partial charge in [-0.25, -0.2) is 9.48 Å². The van der Waals surface area contributed by atoms with Gasteiger partial charge in [0.2, 0.25) is 0 Å². The molecule has 1 aliphatic heterocycles. The van der Waals surface area contributed by atoms with E-state index in [1.807, 2.05) is 24.5 Å². The van der Waals surface area contributed by atoms with Gasteiger partial charge in [-0.15, -0.1) is 0 Å². The number of hydrogen-bond acceptors (Lipinski definition) is 5. The fourth-order valence-corrected chi connectivity index (χ4v) is 3.73. The summed E-state index contributed by atoms with van der Waals surface area (Å²) < 4.78 is 6.73. The molecule has 1 fully saturated rings. The lowest BCUT2D eigenvalue weighted by Gasteiger charge is -2.35. The fourth-order valence-electron chi connectivity index (χ4n) is 2.94. The summed E-state index contributed by atoms with van der Waals surface area (Å²) in [6.45, 7) is 1.86. The zero-order chi connectivity index (χ0) is 18.6. The van der Waals surface area contributed by atoms with E-state index in [2.05, 4.69) is 10.4 Å². The number of aromatic carboxylic acids is 1. The molecule has 2 aromatic rings. The van der Waals surface area contributed by atoms with Gasteiger partial charge in [0.15, 0.2) is 5.69 Å². The second-order valence-corrected chi connectivity index (χ2v) is 7.42. The standard InChI is InChI=1S/C18H21N3O4S/c1-26-18(7-9-25-10-8-18)12-19-16(22)15-11-14(17(23)24)20-21(15)13-5-3-2-4-6-13/h2-6,11H,7-10,12H2,1H3,(H,19,22)(H,23,24). The minimum Gasteiger partial charge on any atom is -0.476 e. The maximum atomic E-state index is 12.8. The van der Waals surface area contributed by atoms with Crippen LogP contribution in [-0.4, -0.2) is 57.5 Å². The molecule has 0 atom stereocenters. The largest absolute Gasteiger partial charge is 0.476 e. The summed E-state index contributed by atoms with van der Waals surface area (Å²) in [6, 6.07) is 10.3. The van der Waals surface area contributed by atoms with E-state index in [4.69, 9.17) is 4.74 Å². The fraction of sp³-hybridized carbons (Fsp3) is 0.389. The highest BCUT2D eigenvalue weighted by molar-refractivity contribution is 8.00. The number of carboxylic acid groups (broad SMARTS) is 1. The molecule has 8 heteroatoms. The Bertz CT molecular complexity index is 785. The number of carboxylic acids is 1. The smallest absolute Gasteiger partial charge is 0.356 e. The van der Waals surface area contributed by atoms with Gasteiger partial charge in [0.05, 0.1) is 5.69 Å². The number of hydrogen-bond donors (Lipinski definition) is 2. The van der Waals surface area contributed by atoms with Crippen LogP contribution in [0.3, 0.4) is 0 Å². The second kappa shape index (κ2) is 7.92. The van der Waals surface area contributed by atoms with Gasteiger partial charge in [0, 0.05) is 30.6 Å². The van der Waals surface area contributed by atoms with Crippen molar-refractivity contribution in [1.29, 1.82) is 0 Å². The zero-order valence-corrected chi connectivity index (χ0v) is 15.3. The van der Waals surface area contributed by atoms with Crippen molar-refractivity contribution in [1.82, 2.24) is 15.1 Å². The minimum atomic E-state index is -1.17. The van der Waals surface area contributed by atoms with E-state index in [0.717, 1.165) is 12.8 Å². The first-order valence-electron chi connectivity index (χ1n) is 8.34. The molecule has 0 radical (unpaired) electrons. The first kappa shape index (κ1) is 18.5. The Labute approximate surface area is 155 Å². The predicted octanol–water partition coefficient (Wildman–Crippen LogP) is 2.21. The van der Waals surface area contributed by atoms with E-state index in [0.29, 0.717) is 25.4 Å². The average molecular weight is 375 g/mol. The molecule has 0 saturated carbocycles. The first-order chi connectivity index (χ1) is 12.5. The van der Waals surface area contributed by atoms with Crippen molar-refractivity contribution in [3.63, 3.8) is 0 Å². The number of benzene rings is 1. The van der Waals surface area contributed by atoms with Crippen molar-refractivity contribution < 1.29 is 19.4 Å². The summed E-state index contributed by atoms with van der Waals surface area (Å²) in [5.74, 6) is -1.51. The molecule has 1 aromatic heterocycles. The number of nitrogens with one attached hydrogen (secondary N) is 1. The number of carbonyl (C=O) groups is 2. The van der Waals surface area contributed by atoms with Crippen molar-refractivity contribution in [2.75, 3.05) is 26.0 Å². The third-order valence-electron chi connectivity index (χ3n) is 4.57. The number of aromatic nitrogens is 2. The van der Waals surface area contributed by atoms with Crippen LogP contribution in [-0.2, 0) is 4.74 Å². The van der Waals surface area contributed by atoms with E-state index in [-0.39, 0.29) is 22.0 Å². The van der Waals surface area contributed by atoms with E-state index in [9.17, 15) is 14.7 Å². The van der Waals surface area contributed by atoms with Gasteiger partial charge in [0.25, 0.3) is 5.91 Å². The molecule has 2 N–H and O–H groups in total. The molecule has 1 saturated heterocycles. The molecule has 26 heavy (non-hydrogen) atoms. The molecule has 0 aliphatic carbocycles. The van der Waals surface area contributed by atoms with Crippen molar-refractivity contribution in [3.05, 3.63) is 47.8 Å². The number of para-hydroxylation sites is 1. The van der Waals surface area contributed by atoms with Crippen molar-refractivity contribution in [2.45, 2.75) is 17.6 Å². The molecule has 7 nitrogen and oxygen atoms in total. The molecule has 0 bridgehead atoms. The van der Waals surface area contributed by atoms with Gasteiger partial charge < -0.3 is 15.2 Å². The molecular formula is C18H21N3O4S. The Hall–Kier alpha value is -2.32. The highest BCUT2D eigenvalue weighted by atomic mass is 32.2. The molecule has 1 aromatic carbocycles. The zero-order valence-electron chi connectivity index (χ0n) is 14.5. The molecular weight excluding hydrogens is 354 g/mol. The molecule has 1 amide bonds. The number of thioether (sulfide) groups is 1.